The molecular formula is C12H14N8. The fourth-order valence-corrected chi connectivity index (χ4v) is 1.85. The zero-order valence-corrected chi connectivity index (χ0v) is 10.9. The van der Waals surface area contributed by atoms with Crippen LogP contribution in [0.15, 0.2) is 37.1 Å². The summed E-state index contributed by atoms with van der Waals surface area (Å²) in [6.45, 7) is 1.64. The predicted molar refractivity (Wildman–Crippen MR) is 70.3 cm³/mol. The van der Waals surface area contributed by atoms with Crippen LogP contribution >= 0.6 is 0 Å². The highest BCUT2D eigenvalue weighted by Crippen LogP contribution is 2.09. The van der Waals surface area contributed by atoms with Crippen LogP contribution in [0.4, 0.5) is 0 Å². The van der Waals surface area contributed by atoms with Crippen molar-refractivity contribution in [3.8, 4) is 11.5 Å². The van der Waals surface area contributed by atoms with Crippen molar-refractivity contribution in [1.29, 1.82) is 0 Å². The monoisotopic (exact) mass is 270 g/mol. The summed E-state index contributed by atoms with van der Waals surface area (Å²) in [5.74, 6) is 0.658. The van der Waals surface area contributed by atoms with Crippen LogP contribution in [0.2, 0.25) is 0 Å². The fourth-order valence-electron chi connectivity index (χ4n) is 1.85. The number of hydrogen-bond donors (Lipinski definition) is 0. The summed E-state index contributed by atoms with van der Waals surface area (Å²) in [7, 11) is 0. The molecule has 0 aromatic carbocycles. The van der Waals surface area contributed by atoms with Gasteiger partial charge in [0.25, 0.3) is 0 Å². The molecule has 0 aliphatic carbocycles. The Kier molecular flexibility index (Phi) is 3.72. The molecule has 3 rings (SSSR count). The van der Waals surface area contributed by atoms with Crippen LogP contribution in [0.25, 0.3) is 11.5 Å². The van der Waals surface area contributed by atoms with Crippen molar-refractivity contribution in [2.45, 2.75) is 25.9 Å². The van der Waals surface area contributed by atoms with Crippen molar-refractivity contribution in [3.63, 3.8) is 0 Å². The third-order valence-corrected chi connectivity index (χ3v) is 2.85. The molecule has 8 heteroatoms. The van der Waals surface area contributed by atoms with Crippen LogP contribution in [-0.4, -0.2) is 40.0 Å². The quantitative estimate of drug-likeness (QED) is 0.616. The maximum absolute atomic E-state index is 4.41. The van der Waals surface area contributed by atoms with E-state index >= 15 is 0 Å². The number of hydrogen-bond acceptors (Lipinski definition) is 6. The molecule has 0 aliphatic rings. The SMILES string of the molecule is c1ccc(-c2ncn(CCCCn3cnnn3)n2)nc1. The molecule has 0 fully saturated rings. The second-order valence-corrected chi connectivity index (χ2v) is 4.33. The Labute approximate surface area is 115 Å². The molecule has 102 valence electrons. The molecule has 0 amide bonds. The van der Waals surface area contributed by atoms with E-state index in [0.29, 0.717) is 5.82 Å². The third kappa shape index (κ3) is 3.02. The van der Waals surface area contributed by atoms with Crippen molar-refractivity contribution >= 4 is 0 Å². The number of nitrogens with zero attached hydrogens (tertiary/aromatic N) is 8. The zero-order valence-electron chi connectivity index (χ0n) is 10.9. The molecule has 0 spiro atoms. The van der Waals surface area contributed by atoms with Gasteiger partial charge in [-0.05, 0) is 35.4 Å². The van der Waals surface area contributed by atoms with Crippen LogP contribution < -0.4 is 0 Å². The Morgan fingerprint density at radius 1 is 0.950 bits per heavy atom. The Bertz CT molecular complexity index is 631. The second-order valence-electron chi connectivity index (χ2n) is 4.33. The average Bonchev–Trinajstić information content (AvgIpc) is 3.16. The highest BCUT2D eigenvalue weighted by atomic mass is 15.5. The van der Waals surface area contributed by atoms with Gasteiger partial charge >= 0.3 is 0 Å². The lowest BCUT2D eigenvalue weighted by atomic mass is 10.3. The molecule has 0 aliphatic heterocycles. The topological polar surface area (TPSA) is 87.2 Å². The Hall–Kier alpha value is -2.64. The molecule has 3 aromatic heterocycles. The lowest BCUT2D eigenvalue weighted by Crippen LogP contribution is -2.03. The van der Waals surface area contributed by atoms with Gasteiger partial charge in [0, 0.05) is 19.3 Å². The number of pyridine rings is 1. The van der Waals surface area contributed by atoms with E-state index in [1.54, 1.807) is 23.5 Å². The molecule has 0 unspecified atom stereocenters. The first kappa shape index (κ1) is 12.4. The van der Waals surface area contributed by atoms with E-state index in [9.17, 15) is 0 Å². The molecule has 0 radical (unpaired) electrons. The highest BCUT2D eigenvalue weighted by molar-refractivity contribution is 5.46. The summed E-state index contributed by atoms with van der Waals surface area (Å²) in [5.41, 5.74) is 0.792. The van der Waals surface area contributed by atoms with Crippen LogP contribution in [0.3, 0.4) is 0 Å². The number of rotatable bonds is 6. The van der Waals surface area contributed by atoms with E-state index < -0.39 is 0 Å². The number of aryl methyl sites for hydroxylation is 2. The molecule has 20 heavy (non-hydrogen) atoms. The van der Waals surface area contributed by atoms with Crippen LogP contribution in [0, 0.1) is 0 Å². The Balaban J connectivity index is 1.50. The van der Waals surface area contributed by atoms with E-state index in [1.807, 2.05) is 22.9 Å². The summed E-state index contributed by atoms with van der Waals surface area (Å²) in [6, 6.07) is 5.70. The normalized spacial score (nSPS) is 10.8. The lowest BCUT2D eigenvalue weighted by molar-refractivity contribution is 0.493. The van der Waals surface area contributed by atoms with Gasteiger partial charge in [-0.1, -0.05) is 6.07 Å². The van der Waals surface area contributed by atoms with Gasteiger partial charge in [0.2, 0.25) is 0 Å². The van der Waals surface area contributed by atoms with Crippen LogP contribution in [0.1, 0.15) is 12.8 Å². The number of tetrazole rings is 1. The maximum Gasteiger partial charge on any atom is 0.199 e. The van der Waals surface area contributed by atoms with Gasteiger partial charge in [-0.2, -0.15) is 0 Å². The summed E-state index contributed by atoms with van der Waals surface area (Å²) in [4.78, 5) is 8.50. The minimum atomic E-state index is 0.658. The summed E-state index contributed by atoms with van der Waals surface area (Å²) in [6.07, 6.45) is 7.08. The van der Waals surface area contributed by atoms with E-state index in [1.165, 1.54) is 0 Å². The van der Waals surface area contributed by atoms with Gasteiger partial charge in [0.1, 0.15) is 18.3 Å². The molecule has 0 saturated carbocycles. The van der Waals surface area contributed by atoms with Crippen molar-refractivity contribution in [2.75, 3.05) is 0 Å². The predicted octanol–water partition coefficient (Wildman–Crippen LogP) is 0.807. The van der Waals surface area contributed by atoms with Gasteiger partial charge in [-0.25, -0.2) is 9.67 Å². The first-order chi connectivity index (χ1) is 9.92. The second kappa shape index (κ2) is 6.00. The number of unbranched alkanes of at least 4 members (excludes halogenated alkanes) is 1. The molecule has 0 bridgehead atoms. The zero-order chi connectivity index (χ0) is 13.6. The van der Waals surface area contributed by atoms with Gasteiger partial charge in [-0.3, -0.25) is 9.67 Å². The third-order valence-electron chi connectivity index (χ3n) is 2.85. The first-order valence-corrected chi connectivity index (χ1v) is 6.43. The molecule has 3 heterocycles. The van der Waals surface area contributed by atoms with Crippen LogP contribution in [-0.2, 0) is 13.1 Å². The lowest BCUT2D eigenvalue weighted by Gasteiger charge is -2.00. The standard InChI is InChI=1S/C12H14N8/c1-2-6-13-11(5-1)12-14-9-19(16-12)7-3-4-8-20-10-15-17-18-20/h1-2,5-6,9-10H,3-4,7-8H2. The summed E-state index contributed by atoms with van der Waals surface area (Å²) in [5, 5.41) is 15.4. The van der Waals surface area contributed by atoms with E-state index in [-0.39, 0.29) is 0 Å². The Morgan fingerprint density at radius 2 is 1.85 bits per heavy atom. The molecule has 0 atom stereocenters. The smallest absolute Gasteiger partial charge is 0.199 e. The molecule has 0 saturated heterocycles. The largest absolute Gasteiger partial charge is 0.253 e. The Morgan fingerprint density at radius 3 is 2.60 bits per heavy atom. The molecule has 3 aromatic rings. The minimum Gasteiger partial charge on any atom is -0.253 e. The van der Waals surface area contributed by atoms with Crippen molar-refractivity contribution in [2.24, 2.45) is 0 Å². The van der Waals surface area contributed by atoms with Crippen molar-refractivity contribution in [3.05, 3.63) is 37.1 Å². The van der Waals surface area contributed by atoms with Crippen molar-refractivity contribution in [1.82, 2.24) is 40.0 Å². The molecule has 8 nitrogen and oxygen atoms in total. The van der Waals surface area contributed by atoms with Gasteiger partial charge < -0.3 is 0 Å². The minimum absolute atomic E-state index is 0.658. The maximum atomic E-state index is 4.41. The first-order valence-electron chi connectivity index (χ1n) is 6.43. The molecular weight excluding hydrogens is 256 g/mol. The van der Waals surface area contributed by atoms with E-state index in [2.05, 4.69) is 30.6 Å². The van der Waals surface area contributed by atoms with Gasteiger partial charge in [-0.15, -0.1) is 10.2 Å². The molecule has 0 N–H and O–H groups in total. The van der Waals surface area contributed by atoms with Gasteiger partial charge in [0.15, 0.2) is 5.82 Å². The van der Waals surface area contributed by atoms with Gasteiger partial charge in [0.05, 0.1) is 0 Å². The average molecular weight is 270 g/mol. The van der Waals surface area contributed by atoms with E-state index in [0.717, 1.165) is 31.6 Å². The van der Waals surface area contributed by atoms with Crippen LogP contribution in [0.5, 0.6) is 0 Å². The number of aromatic nitrogens is 8. The van der Waals surface area contributed by atoms with Crippen molar-refractivity contribution < 1.29 is 0 Å². The summed E-state index contributed by atoms with van der Waals surface area (Å²) < 4.78 is 3.56. The fraction of sp³-hybridized carbons (Fsp3) is 0.333. The van der Waals surface area contributed by atoms with E-state index in [4.69, 9.17) is 0 Å². The summed E-state index contributed by atoms with van der Waals surface area (Å²) >= 11 is 0. The highest BCUT2D eigenvalue weighted by Gasteiger charge is 2.04.